The lowest BCUT2D eigenvalue weighted by atomic mass is 9.78. The lowest BCUT2D eigenvalue weighted by Gasteiger charge is -2.25. The van der Waals surface area contributed by atoms with E-state index in [2.05, 4.69) is 4.72 Å². The van der Waals surface area contributed by atoms with Crippen LogP contribution in [0.25, 0.3) is 0 Å². The van der Waals surface area contributed by atoms with Gasteiger partial charge < -0.3 is 26.6 Å². The molecule has 2 atom stereocenters. The molecule has 1 saturated heterocycles. The smallest absolute Gasteiger partial charge is 0.451 e. The number of hydrogen-bond acceptors (Lipinski definition) is 7. The second-order valence-electron chi connectivity index (χ2n) is 6.84. The number of nitrogens with zero attached hydrogens (tertiary/aromatic N) is 1. The van der Waals surface area contributed by atoms with Crippen molar-refractivity contribution in [3.05, 3.63) is 0 Å². The summed E-state index contributed by atoms with van der Waals surface area (Å²) in [6.07, 6.45) is 2.01. The van der Waals surface area contributed by atoms with Crippen molar-refractivity contribution in [1.82, 2.24) is 9.03 Å². The van der Waals surface area contributed by atoms with E-state index in [9.17, 15) is 18.3 Å². The lowest BCUT2D eigenvalue weighted by Crippen LogP contribution is -2.56. The van der Waals surface area contributed by atoms with Crippen molar-refractivity contribution in [2.24, 2.45) is 17.4 Å². The van der Waals surface area contributed by atoms with Gasteiger partial charge in [-0.2, -0.15) is 17.4 Å². The van der Waals surface area contributed by atoms with Crippen molar-refractivity contribution in [1.29, 1.82) is 0 Å². The Labute approximate surface area is 141 Å². The zero-order valence-electron chi connectivity index (χ0n) is 13.4. The van der Waals surface area contributed by atoms with Crippen LogP contribution in [0.1, 0.15) is 25.7 Å². The van der Waals surface area contributed by atoms with Gasteiger partial charge in [0.1, 0.15) is 5.54 Å². The molecule has 1 heterocycles. The van der Waals surface area contributed by atoms with Gasteiger partial charge in [-0.3, -0.25) is 4.79 Å². The van der Waals surface area contributed by atoms with Gasteiger partial charge in [0.25, 0.3) is 10.2 Å². The molecule has 0 aromatic heterocycles. The van der Waals surface area contributed by atoms with E-state index < -0.39 is 40.3 Å². The SMILES string of the molecule is NCC1(NS(=O)(=O)N2C[C@H](CCCB(O)O)[C@](N)(C(=O)O)C2)CC1. The van der Waals surface area contributed by atoms with Crippen LogP contribution < -0.4 is 16.2 Å². The molecule has 0 spiro atoms. The van der Waals surface area contributed by atoms with Crippen LogP contribution in [0.2, 0.25) is 6.32 Å². The molecule has 0 amide bonds. The van der Waals surface area contributed by atoms with E-state index in [0.29, 0.717) is 19.3 Å². The van der Waals surface area contributed by atoms with Gasteiger partial charge in [-0.1, -0.05) is 6.42 Å². The van der Waals surface area contributed by atoms with Crippen LogP contribution >= 0.6 is 0 Å². The first-order valence-electron chi connectivity index (χ1n) is 7.92. The van der Waals surface area contributed by atoms with E-state index in [1.807, 2.05) is 0 Å². The minimum atomic E-state index is -3.88. The molecular weight excluding hydrogens is 339 g/mol. The molecule has 10 nitrogen and oxygen atoms in total. The van der Waals surface area contributed by atoms with Gasteiger partial charge in [0.05, 0.1) is 0 Å². The molecule has 0 aromatic carbocycles. The van der Waals surface area contributed by atoms with Crippen molar-refractivity contribution >= 4 is 23.3 Å². The molecule has 2 fully saturated rings. The Bertz CT molecular complexity index is 584. The fourth-order valence-corrected chi connectivity index (χ4v) is 4.78. The van der Waals surface area contributed by atoms with Crippen molar-refractivity contribution < 1.29 is 28.4 Å². The predicted octanol–water partition coefficient (Wildman–Crippen LogP) is -2.72. The second-order valence-corrected chi connectivity index (χ2v) is 8.51. The van der Waals surface area contributed by atoms with Crippen molar-refractivity contribution in [2.75, 3.05) is 19.6 Å². The van der Waals surface area contributed by atoms with Crippen LogP contribution in [0.4, 0.5) is 0 Å². The fraction of sp³-hybridized carbons (Fsp3) is 0.917. The largest absolute Gasteiger partial charge is 0.480 e. The molecule has 138 valence electrons. The topological polar surface area (TPSA) is 179 Å². The monoisotopic (exact) mass is 364 g/mol. The normalized spacial score (nSPS) is 29.6. The molecule has 1 aliphatic heterocycles. The van der Waals surface area contributed by atoms with E-state index >= 15 is 0 Å². The molecule has 12 heteroatoms. The molecule has 24 heavy (non-hydrogen) atoms. The van der Waals surface area contributed by atoms with Crippen LogP contribution in [0.5, 0.6) is 0 Å². The minimum Gasteiger partial charge on any atom is -0.480 e. The Morgan fingerprint density at radius 3 is 2.46 bits per heavy atom. The van der Waals surface area contributed by atoms with E-state index in [4.69, 9.17) is 21.5 Å². The third-order valence-electron chi connectivity index (χ3n) is 4.93. The summed E-state index contributed by atoms with van der Waals surface area (Å²) >= 11 is 0. The summed E-state index contributed by atoms with van der Waals surface area (Å²) in [6.45, 7) is -0.171. The first-order valence-corrected chi connectivity index (χ1v) is 9.36. The number of carboxylic acid groups (broad SMARTS) is 1. The predicted molar refractivity (Wildman–Crippen MR) is 86.9 cm³/mol. The Morgan fingerprint density at radius 1 is 1.38 bits per heavy atom. The van der Waals surface area contributed by atoms with Gasteiger partial charge >= 0.3 is 13.1 Å². The number of rotatable bonds is 9. The third kappa shape index (κ3) is 4.07. The van der Waals surface area contributed by atoms with Gasteiger partial charge in [-0.25, -0.2) is 0 Å². The molecule has 0 bridgehead atoms. The molecular formula is C12H25BN4O6S. The van der Waals surface area contributed by atoms with Gasteiger partial charge in [-0.05, 0) is 25.6 Å². The van der Waals surface area contributed by atoms with Gasteiger partial charge in [0, 0.05) is 31.1 Å². The maximum atomic E-state index is 12.5. The number of carbonyl (C=O) groups is 1. The summed E-state index contributed by atoms with van der Waals surface area (Å²) in [7, 11) is -5.37. The van der Waals surface area contributed by atoms with E-state index in [1.165, 1.54) is 0 Å². The average Bonchev–Trinajstić information content (AvgIpc) is 3.14. The molecule has 2 aliphatic rings. The second kappa shape index (κ2) is 6.86. The van der Waals surface area contributed by atoms with Gasteiger partial charge in [-0.15, -0.1) is 0 Å². The highest BCUT2D eigenvalue weighted by atomic mass is 32.2. The van der Waals surface area contributed by atoms with Crippen LogP contribution in [-0.2, 0) is 15.0 Å². The summed E-state index contributed by atoms with van der Waals surface area (Å²) in [5.74, 6) is -1.88. The number of carboxylic acids is 1. The molecule has 2 rings (SSSR count). The maximum absolute atomic E-state index is 12.5. The zero-order chi connectivity index (χ0) is 18.2. The first-order chi connectivity index (χ1) is 11.0. The van der Waals surface area contributed by atoms with E-state index in [-0.39, 0.29) is 32.4 Å². The molecule has 0 aromatic rings. The molecule has 1 aliphatic carbocycles. The van der Waals surface area contributed by atoms with E-state index in [1.54, 1.807) is 0 Å². The number of nitrogens with two attached hydrogens (primary N) is 2. The summed E-state index contributed by atoms with van der Waals surface area (Å²) in [4.78, 5) is 11.6. The Hall–Kier alpha value is -0.755. The molecule has 0 radical (unpaired) electrons. The minimum absolute atomic E-state index is 0.0275. The van der Waals surface area contributed by atoms with Crippen molar-refractivity contribution in [3.63, 3.8) is 0 Å². The summed E-state index contributed by atoms with van der Waals surface area (Å²) in [6, 6.07) is 0. The summed E-state index contributed by atoms with van der Waals surface area (Å²) in [5.41, 5.74) is 9.24. The van der Waals surface area contributed by atoms with Crippen LogP contribution in [-0.4, -0.2) is 71.7 Å². The molecule has 1 saturated carbocycles. The lowest BCUT2D eigenvalue weighted by molar-refractivity contribution is -0.144. The van der Waals surface area contributed by atoms with E-state index in [0.717, 1.165) is 4.31 Å². The summed E-state index contributed by atoms with van der Waals surface area (Å²) in [5, 5.41) is 27.2. The number of hydrogen-bond donors (Lipinski definition) is 6. The van der Waals surface area contributed by atoms with Crippen molar-refractivity contribution in [3.8, 4) is 0 Å². The highest BCUT2D eigenvalue weighted by Crippen LogP contribution is 2.37. The average molecular weight is 364 g/mol. The Morgan fingerprint density at radius 2 is 2.00 bits per heavy atom. The Kier molecular flexibility index (Phi) is 5.60. The van der Waals surface area contributed by atoms with Crippen LogP contribution in [0.15, 0.2) is 0 Å². The maximum Gasteiger partial charge on any atom is 0.451 e. The molecule has 8 N–H and O–H groups in total. The summed E-state index contributed by atoms with van der Waals surface area (Å²) < 4.78 is 28.6. The van der Waals surface area contributed by atoms with Crippen LogP contribution in [0, 0.1) is 5.92 Å². The highest BCUT2D eigenvalue weighted by molar-refractivity contribution is 7.87. The molecule has 0 unspecified atom stereocenters. The quantitative estimate of drug-likeness (QED) is 0.239. The zero-order valence-corrected chi connectivity index (χ0v) is 14.2. The Balaban J connectivity index is 2.09. The van der Waals surface area contributed by atoms with Gasteiger partial charge in [0.2, 0.25) is 0 Å². The third-order valence-corrected chi connectivity index (χ3v) is 6.58. The first kappa shape index (κ1) is 19.6. The number of nitrogens with one attached hydrogen (secondary N) is 1. The number of aliphatic carboxylic acids is 1. The fourth-order valence-electron chi connectivity index (χ4n) is 3.05. The van der Waals surface area contributed by atoms with Crippen molar-refractivity contribution in [2.45, 2.75) is 43.1 Å². The van der Waals surface area contributed by atoms with Crippen LogP contribution in [0.3, 0.4) is 0 Å². The highest BCUT2D eigenvalue weighted by Gasteiger charge is 2.54. The van der Waals surface area contributed by atoms with Gasteiger partial charge in [0.15, 0.2) is 0 Å². The standard InChI is InChI=1S/C12H25BN4O6S/c14-7-11(3-4-11)16-24(22,23)17-6-9(2-1-5-13(20)21)12(15,8-17)10(18)19/h9,16,20-21H,1-8,14-15H2,(H,18,19)/t9-,12-/m0/s1.